The van der Waals surface area contributed by atoms with Gasteiger partial charge in [0, 0.05) is 13.2 Å². The van der Waals surface area contributed by atoms with Crippen LogP contribution in [-0.4, -0.2) is 21.8 Å². The van der Waals surface area contributed by atoms with Crippen LogP contribution in [0.4, 0.5) is 0 Å². The second kappa shape index (κ2) is 22.8. The summed E-state index contributed by atoms with van der Waals surface area (Å²) in [6, 6.07) is 0. The van der Waals surface area contributed by atoms with E-state index in [1.54, 1.807) is 0 Å². The fourth-order valence-corrected chi connectivity index (χ4v) is 5.21. The highest BCUT2D eigenvalue weighted by molar-refractivity contribution is 6.64. The number of hydrogen-bond acceptors (Lipinski definition) is 2. The summed E-state index contributed by atoms with van der Waals surface area (Å²) in [5.74, 6) is 0. The van der Waals surface area contributed by atoms with Crippen LogP contribution in [-0.2, 0) is 8.85 Å². The molecule has 3 heteroatoms. The van der Waals surface area contributed by atoms with Crippen LogP contribution in [0.25, 0.3) is 0 Å². The molecule has 2 nitrogen and oxygen atoms in total. The Labute approximate surface area is 186 Å². The summed E-state index contributed by atoms with van der Waals surface area (Å²) in [6.07, 6.45) is 27.6. The van der Waals surface area contributed by atoms with Crippen molar-refractivity contribution in [3.05, 3.63) is 0 Å². The van der Waals surface area contributed by atoms with Crippen molar-refractivity contribution in [2.75, 3.05) is 13.2 Å². The van der Waals surface area contributed by atoms with Gasteiger partial charge in [0.25, 0.3) is 0 Å². The van der Waals surface area contributed by atoms with Gasteiger partial charge in [-0.15, -0.1) is 0 Å². The van der Waals surface area contributed by atoms with Gasteiger partial charge in [-0.25, -0.2) is 0 Å². The van der Waals surface area contributed by atoms with Crippen molar-refractivity contribution < 1.29 is 8.85 Å². The Balaban J connectivity index is 3.26. The van der Waals surface area contributed by atoms with E-state index in [4.69, 9.17) is 8.85 Å². The van der Waals surface area contributed by atoms with E-state index in [1.165, 1.54) is 128 Å². The van der Waals surface area contributed by atoms with Gasteiger partial charge in [-0.05, 0) is 25.9 Å². The zero-order valence-electron chi connectivity index (χ0n) is 20.9. The summed E-state index contributed by atoms with van der Waals surface area (Å²) in [7, 11) is -1.88. The summed E-state index contributed by atoms with van der Waals surface area (Å²) in [6.45, 7) is 10.8. The Bertz CT molecular complexity index is 307. The third-order valence-corrected chi connectivity index (χ3v) is 7.69. The van der Waals surface area contributed by atoms with E-state index in [-0.39, 0.29) is 0 Å². The molecule has 0 aromatic heterocycles. The first kappa shape index (κ1) is 29.1. The summed E-state index contributed by atoms with van der Waals surface area (Å²) >= 11 is 0. The minimum Gasteiger partial charge on any atom is -0.395 e. The van der Waals surface area contributed by atoms with Gasteiger partial charge in [-0.3, -0.25) is 0 Å². The monoisotopic (exact) mass is 428 g/mol. The molecule has 0 saturated heterocycles. The van der Waals surface area contributed by atoms with Gasteiger partial charge < -0.3 is 8.85 Å². The Morgan fingerprint density at radius 3 is 0.897 bits per heavy atom. The highest BCUT2D eigenvalue weighted by Crippen LogP contribution is 2.14. The zero-order chi connectivity index (χ0) is 21.5. The van der Waals surface area contributed by atoms with Crippen molar-refractivity contribution in [3.63, 3.8) is 0 Å². The predicted molar refractivity (Wildman–Crippen MR) is 133 cm³/mol. The Hall–Kier alpha value is 0.137. The molecule has 176 valence electrons. The quantitative estimate of drug-likeness (QED) is 0.112. The third kappa shape index (κ3) is 24.3. The molecule has 0 bridgehead atoms. The molecule has 0 radical (unpaired) electrons. The molecule has 29 heavy (non-hydrogen) atoms. The van der Waals surface area contributed by atoms with E-state index < -0.39 is 8.56 Å². The normalized spacial score (nSPS) is 12.0. The topological polar surface area (TPSA) is 18.5 Å². The summed E-state index contributed by atoms with van der Waals surface area (Å²) < 4.78 is 12.2. The zero-order valence-corrected chi connectivity index (χ0v) is 21.9. The molecule has 0 unspecified atom stereocenters. The first-order valence-electron chi connectivity index (χ1n) is 13.4. The van der Waals surface area contributed by atoms with Gasteiger partial charge in [0.15, 0.2) is 0 Å². The number of unbranched alkanes of at least 4 members (excludes halogenated alkanes) is 18. The predicted octanol–water partition coefficient (Wildman–Crippen LogP) is 9.56. The van der Waals surface area contributed by atoms with E-state index in [2.05, 4.69) is 26.9 Å². The van der Waals surface area contributed by atoms with Crippen molar-refractivity contribution in [2.24, 2.45) is 0 Å². The molecule has 0 aromatic rings. The van der Waals surface area contributed by atoms with Crippen LogP contribution in [0.3, 0.4) is 0 Å². The van der Waals surface area contributed by atoms with Gasteiger partial charge in [0.2, 0.25) is 0 Å². The fourth-order valence-electron chi connectivity index (χ4n) is 3.86. The van der Waals surface area contributed by atoms with Gasteiger partial charge in [-0.2, -0.15) is 0 Å². The van der Waals surface area contributed by atoms with E-state index >= 15 is 0 Å². The van der Waals surface area contributed by atoms with Crippen molar-refractivity contribution in [3.8, 4) is 0 Å². The molecular weight excluding hydrogens is 372 g/mol. The second-order valence-corrected chi connectivity index (χ2v) is 12.8. The lowest BCUT2D eigenvalue weighted by molar-refractivity contribution is 0.172. The molecule has 0 amide bonds. The van der Waals surface area contributed by atoms with Crippen LogP contribution in [0.1, 0.15) is 142 Å². The smallest absolute Gasteiger partial charge is 0.331 e. The van der Waals surface area contributed by atoms with Crippen molar-refractivity contribution in [2.45, 2.75) is 155 Å². The van der Waals surface area contributed by atoms with Crippen LogP contribution in [0, 0.1) is 0 Å². The highest BCUT2D eigenvalue weighted by Gasteiger charge is 2.23. The van der Waals surface area contributed by atoms with Gasteiger partial charge in [0.05, 0.1) is 0 Å². The summed E-state index contributed by atoms with van der Waals surface area (Å²) in [4.78, 5) is 0. The Kier molecular flexibility index (Phi) is 22.9. The van der Waals surface area contributed by atoms with Crippen molar-refractivity contribution in [1.29, 1.82) is 0 Å². The molecular formula is C26H56O2Si. The molecule has 0 aliphatic heterocycles. The van der Waals surface area contributed by atoms with Crippen LogP contribution in [0.5, 0.6) is 0 Å². The van der Waals surface area contributed by atoms with Crippen LogP contribution >= 0.6 is 0 Å². The molecule has 0 saturated carbocycles. The van der Waals surface area contributed by atoms with Crippen LogP contribution in [0.15, 0.2) is 0 Å². The van der Waals surface area contributed by atoms with Crippen molar-refractivity contribution in [1.82, 2.24) is 0 Å². The molecule has 0 heterocycles. The summed E-state index contributed by atoms with van der Waals surface area (Å²) in [5, 5.41) is 0. The molecule has 0 rings (SSSR count). The fraction of sp³-hybridized carbons (Fsp3) is 1.00. The maximum absolute atomic E-state index is 6.10. The van der Waals surface area contributed by atoms with E-state index in [9.17, 15) is 0 Å². The Morgan fingerprint density at radius 2 is 0.621 bits per heavy atom. The lowest BCUT2D eigenvalue weighted by Crippen LogP contribution is -2.35. The van der Waals surface area contributed by atoms with E-state index in [1.807, 2.05) is 0 Å². The molecule has 0 spiro atoms. The third-order valence-electron chi connectivity index (χ3n) is 5.90. The SMILES string of the molecule is CCCCCCCCCCCCCCCCO[Si](C)(C)OCCCCCCCC. The maximum Gasteiger partial charge on any atom is 0.331 e. The molecule has 0 aliphatic rings. The largest absolute Gasteiger partial charge is 0.395 e. The second-order valence-electron chi connectivity index (χ2n) is 9.46. The van der Waals surface area contributed by atoms with E-state index in [0.29, 0.717) is 0 Å². The van der Waals surface area contributed by atoms with Gasteiger partial charge in [0.1, 0.15) is 0 Å². The van der Waals surface area contributed by atoms with Gasteiger partial charge >= 0.3 is 8.56 Å². The van der Waals surface area contributed by atoms with Crippen LogP contribution < -0.4 is 0 Å². The summed E-state index contributed by atoms with van der Waals surface area (Å²) in [5.41, 5.74) is 0. The van der Waals surface area contributed by atoms with Crippen molar-refractivity contribution >= 4 is 8.56 Å². The lowest BCUT2D eigenvalue weighted by Gasteiger charge is -2.23. The molecule has 0 aromatic carbocycles. The number of rotatable bonds is 24. The first-order chi connectivity index (χ1) is 14.1. The average molecular weight is 429 g/mol. The minimum atomic E-state index is -1.88. The molecule has 0 atom stereocenters. The molecule has 0 N–H and O–H groups in total. The maximum atomic E-state index is 6.10. The lowest BCUT2D eigenvalue weighted by atomic mass is 10.0. The number of hydrogen-bond donors (Lipinski definition) is 0. The minimum absolute atomic E-state index is 0.893. The van der Waals surface area contributed by atoms with Gasteiger partial charge in [-0.1, -0.05) is 129 Å². The highest BCUT2D eigenvalue weighted by atomic mass is 28.4. The first-order valence-corrected chi connectivity index (χ1v) is 16.2. The standard InChI is InChI=1S/C26H56O2Si/c1-5-7-9-11-13-14-15-16-17-18-19-20-22-24-26-28-29(3,4)27-25-23-21-12-10-8-6-2/h5-26H2,1-4H3. The van der Waals surface area contributed by atoms with Crippen LogP contribution in [0.2, 0.25) is 13.1 Å². The molecule has 0 aliphatic carbocycles. The Morgan fingerprint density at radius 1 is 0.379 bits per heavy atom. The average Bonchev–Trinajstić information content (AvgIpc) is 2.70. The van der Waals surface area contributed by atoms with E-state index in [0.717, 1.165) is 13.2 Å². The molecule has 0 fully saturated rings.